The zero-order chi connectivity index (χ0) is 15.6. The number of rotatable bonds is 4. The third-order valence-electron chi connectivity index (χ3n) is 2.86. The Morgan fingerprint density at radius 2 is 1.86 bits per heavy atom. The van der Waals surface area contributed by atoms with Crippen molar-refractivity contribution in [2.75, 3.05) is 4.72 Å². The van der Waals surface area contributed by atoms with E-state index in [2.05, 4.69) is 36.6 Å². The fraction of sp³-hybridized carbons (Fsp3) is 0.143. The Hall–Kier alpha value is -0.890. The number of hydrogen-bond acceptors (Lipinski definition) is 3. The Morgan fingerprint density at radius 1 is 1.14 bits per heavy atom. The molecule has 0 spiro atoms. The van der Waals surface area contributed by atoms with E-state index in [0.717, 1.165) is 10.0 Å². The van der Waals surface area contributed by atoms with Gasteiger partial charge in [-0.2, -0.15) is 0 Å². The average molecular weight is 435 g/mol. The van der Waals surface area contributed by atoms with Gasteiger partial charge in [-0.3, -0.25) is 4.72 Å². The van der Waals surface area contributed by atoms with E-state index >= 15 is 0 Å². The van der Waals surface area contributed by atoms with Crippen molar-refractivity contribution < 1.29 is 13.5 Å². The van der Waals surface area contributed by atoms with Crippen molar-refractivity contribution in [3.63, 3.8) is 0 Å². The minimum atomic E-state index is -3.72. The van der Waals surface area contributed by atoms with Gasteiger partial charge in [0, 0.05) is 14.6 Å². The minimum Gasteiger partial charge on any atom is -0.392 e. The molecule has 2 aromatic rings. The molecule has 21 heavy (non-hydrogen) atoms. The highest BCUT2D eigenvalue weighted by Crippen LogP contribution is 2.30. The summed E-state index contributed by atoms with van der Waals surface area (Å²) in [7, 11) is -3.72. The summed E-state index contributed by atoms with van der Waals surface area (Å²) in [6, 6.07) is 9.92. The van der Waals surface area contributed by atoms with E-state index in [1.807, 2.05) is 6.92 Å². The maximum atomic E-state index is 12.5. The largest absolute Gasteiger partial charge is 0.392 e. The van der Waals surface area contributed by atoms with Crippen LogP contribution in [0.4, 0.5) is 5.69 Å². The molecule has 0 radical (unpaired) electrons. The molecule has 0 amide bonds. The van der Waals surface area contributed by atoms with Gasteiger partial charge in [-0.05, 0) is 58.2 Å². The Balaban J connectivity index is 2.40. The van der Waals surface area contributed by atoms with Crippen molar-refractivity contribution in [3.8, 4) is 0 Å². The number of hydrogen-bond donors (Lipinski definition) is 2. The summed E-state index contributed by atoms with van der Waals surface area (Å²) in [6.45, 7) is 1.73. The van der Waals surface area contributed by atoms with Crippen molar-refractivity contribution >= 4 is 47.6 Å². The van der Waals surface area contributed by atoms with Gasteiger partial charge in [-0.1, -0.05) is 28.1 Å². The molecule has 4 nitrogen and oxygen atoms in total. The summed E-state index contributed by atoms with van der Waals surface area (Å²) < 4.78 is 28.6. The Bertz CT molecular complexity index is 776. The van der Waals surface area contributed by atoms with E-state index in [1.54, 1.807) is 36.4 Å². The van der Waals surface area contributed by atoms with Crippen LogP contribution in [0.1, 0.15) is 11.1 Å². The van der Waals surface area contributed by atoms with E-state index in [-0.39, 0.29) is 11.5 Å². The smallest absolute Gasteiger partial charge is 0.263 e. The van der Waals surface area contributed by atoms with Crippen molar-refractivity contribution in [1.29, 1.82) is 0 Å². The van der Waals surface area contributed by atoms with Crippen molar-refractivity contribution in [2.24, 2.45) is 0 Å². The molecule has 0 aliphatic carbocycles. The Morgan fingerprint density at radius 3 is 2.52 bits per heavy atom. The number of anilines is 1. The molecule has 0 aliphatic rings. The molecular weight excluding hydrogens is 422 g/mol. The minimum absolute atomic E-state index is 0.144. The molecule has 0 unspecified atom stereocenters. The fourth-order valence-electron chi connectivity index (χ4n) is 1.78. The van der Waals surface area contributed by atoms with Gasteiger partial charge < -0.3 is 5.11 Å². The maximum Gasteiger partial charge on any atom is 0.263 e. The lowest BCUT2D eigenvalue weighted by Gasteiger charge is -2.12. The number of halogens is 2. The Labute approximate surface area is 140 Å². The Kier molecular flexibility index (Phi) is 5.08. The SMILES string of the molecule is Cc1cc(Br)c(S(=O)(=O)Nc2cccc(CO)c2)cc1Br. The second-order valence-corrected chi connectivity index (χ2v) is 7.86. The topological polar surface area (TPSA) is 66.4 Å². The van der Waals surface area contributed by atoms with Crippen LogP contribution in [0.5, 0.6) is 0 Å². The summed E-state index contributed by atoms with van der Waals surface area (Å²) in [4.78, 5) is 0.148. The van der Waals surface area contributed by atoms with Crippen LogP contribution in [0, 0.1) is 6.92 Å². The first-order valence-corrected chi connectivity index (χ1v) is 9.08. The van der Waals surface area contributed by atoms with E-state index in [0.29, 0.717) is 15.7 Å². The molecule has 0 heterocycles. The number of sulfonamides is 1. The number of aliphatic hydroxyl groups excluding tert-OH is 1. The van der Waals surface area contributed by atoms with Crippen molar-refractivity contribution in [2.45, 2.75) is 18.4 Å². The normalized spacial score (nSPS) is 11.4. The lowest BCUT2D eigenvalue weighted by molar-refractivity contribution is 0.282. The number of aryl methyl sites for hydroxylation is 1. The van der Waals surface area contributed by atoms with Gasteiger partial charge in [0.05, 0.1) is 6.61 Å². The molecule has 0 aromatic heterocycles. The van der Waals surface area contributed by atoms with Crippen LogP contribution in [0.2, 0.25) is 0 Å². The molecule has 2 aromatic carbocycles. The molecule has 2 rings (SSSR count). The second kappa shape index (κ2) is 6.48. The number of benzene rings is 2. The summed E-state index contributed by atoms with van der Waals surface area (Å²) in [5.41, 5.74) is 1.98. The number of nitrogens with one attached hydrogen (secondary N) is 1. The van der Waals surface area contributed by atoms with Gasteiger partial charge in [0.2, 0.25) is 0 Å². The van der Waals surface area contributed by atoms with E-state index < -0.39 is 10.0 Å². The maximum absolute atomic E-state index is 12.5. The lowest BCUT2D eigenvalue weighted by Crippen LogP contribution is -2.14. The molecule has 0 saturated carbocycles. The van der Waals surface area contributed by atoms with Crippen LogP contribution >= 0.6 is 31.9 Å². The molecule has 112 valence electrons. The quantitative estimate of drug-likeness (QED) is 0.768. The second-order valence-electron chi connectivity index (χ2n) is 4.50. The summed E-state index contributed by atoms with van der Waals surface area (Å²) >= 11 is 6.61. The lowest BCUT2D eigenvalue weighted by atomic mass is 10.2. The highest BCUT2D eigenvalue weighted by molar-refractivity contribution is 9.11. The monoisotopic (exact) mass is 433 g/mol. The summed E-state index contributed by atoms with van der Waals surface area (Å²) in [5, 5.41) is 9.10. The highest BCUT2D eigenvalue weighted by Gasteiger charge is 2.19. The van der Waals surface area contributed by atoms with Crippen LogP contribution in [0.15, 0.2) is 50.2 Å². The fourth-order valence-corrected chi connectivity index (χ4v) is 4.51. The predicted octanol–water partition coefficient (Wildman–Crippen LogP) is 3.81. The molecule has 0 atom stereocenters. The van der Waals surface area contributed by atoms with Crippen molar-refractivity contribution in [3.05, 3.63) is 56.5 Å². The van der Waals surface area contributed by atoms with Gasteiger partial charge in [-0.15, -0.1) is 0 Å². The van der Waals surface area contributed by atoms with Crippen LogP contribution in [0.25, 0.3) is 0 Å². The molecule has 0 saturated heterocycles. The molecule has 7 heteroatoms. The third kappa shape index (κ3) is 3.85. The zero-order valence-electron chi connectivity index (χ0n) is 11.1. The van der Waals surface area contributed by atoms with E-state index in [9.17, 15) is 8.42 Å². The van der Waals surface area contributed by atoms with Gasteiger partial charge >= 0.3 is 0 Å². The summed E-state index contributed by atoms with van der Waals surface area (Å²) in [5.74, 6) is 0. The molecule has 0 fully saturated rings. The zero-order valence-corrected chi connectivity index (χ0v) is 15.1. The summed E-state index contributed by atoms with van der Waals surface area (Å²) in [6.07, 6.45) is 0. The first kappa shape index (κ1) is 16.5. The van der Waals surface area contributed by atoms with Gasteiger partial charge in [0.25, 0.3) is 10.0 Å². The van der Waals surface area contributed by atoms with E-state index in [1.165, 1.54) is 0 Å². The van der Waals surface area contributed by atoms with Gasteiger partial charge in [0.1, 0.15) is 4.90 Å². The first-order valence-electron chi connectivity index (χ1n) is 6.02. The van der Waals surface area contributed by atoms with Crippen LogP contribution in [-0.2, 0) is 16.6 Å². The predicted molar refractivity (Wildman–Crippen MR) is 89.8 cm³/mol. The molecule has 2 N–H and O–H groups in total. The standard InChI is InChI=1S/C14H13Br2NO3S/c1-9-5-13(16)14(7-12(9)15)21(19,20)17-11-4-2-3-10(6-11)8-18/h2-7,17-18H,8H2,1H3. The van der Waals surface area contributed by atoms with Crippen LogP contribution in [0.3, 0.4) is 0 Å². The average Bonchev–Trinajstić information content (AvgIpc) is 2.42. The number of aliphatic hydroxyl groups is 1. The molecule has 0 bridgehead atoms. The van der Waals surface area contributed by atoms with Crippen molar-refractivity contribution in [1.82, 2.24) is 0 Å². The molecular formula is C14H13Br2NO3S. The van der Waals surface area contributed by atoms with Crippen LogP contribution in [-0.4, -0.2) is 13.5 Å². The van der Waals surface area contributed by atoms with Gasteiger partial charge in [0.15, 0.2) is 0 Å². The van der Waals surface area contributed by atoms with E-state index in [4.69, 9.17) is 5.11 Å². The third-order valence-corrected chi connectivity index (χ3v) is 6.06. The highest BCUT2D eigenvalue weighted by atomic mass is 79.9. The van der Waals surface area contributed by atoms with Gasteiger partial charge in [-0.25, -0.2) is 8.42 Å². The molecule has 0 aliphatic heterocycles. The van der Waals surface area contributed by atoms with Crippen LogP contribution < -0.4 is 4.72 Å². The first-order chi connectivity index (χ1) is 9.83.